The number of nitrogens with one attached hydrogen (secondary N) is 1. The Bertz CT molecular complexity index is 1040. The van der Waals surface area contributed by atoms with Crippen LogP contribution in [0.3, 0.4) is 0 Å². The number of nitrogens with zero attached hydrogens (tertiary/aromatic N) is 1. The van der Waals surface area contributed by atoms with Crippen LogP contribution in [-0.4, -0.2) is 57.6 Å². The quantitative estimate of drug-likeness (QED) is 0.628. The van der Waals surface area contributed by atoms with Crippen LogP contribution >= 0.6 is 0 Å². The van der Waals surface area contributed by atoms with E-state index in [2.05, 4.69) is 14.8 Å². The summed E-state index contributed by atoms with van der Waals surface area (Å²) < 4.78 is 34.6. The fourth-order valence-electron chi connectivity index (χ4n) is 2.61. The van der Waals surface area contributed by atoms with E-state index in [-0.39, 0.29) is 23.4 Å². The standard InChI is InChI=1S/C20H22N2O7S/c1-28-19(24)15-9-10-16(20(25)29-2)17(11-15)21-18(23)13-22(30(3,26)27)12-14-7-5-4-6-8-14/h4-11H,12-13H2,1-3H3,(H,21,23). The number of carbonyl (C=O) groups is 3. The Morgan fingerprint density at radius 3 is 2.17 bits per heavy atom. The third kappa shape index (κ3) is 6.13. The number of carbonyl (C=O) groups excluding carboxylic acids is 3. The van der Waals surface area contributed by atoms with E-state index in [1.165, 1.54) is 32.4 Å². The van der Waals surface area contributed by atoms with Crippen molar-refractivity contribution < 1.29 is 32.3 Å². The minimum atomic E-state index is -3.70. The van der Waals surface area contributed by atoms with Gasteiger partial charge < -0.3 is 14.8 Å². The largest absolute Gasteiger partial charge is 0.465 e. The van der Waals surface area contributed by atoms with Gasteiger partial charge in [0, 0.05) is 6.54 Å². The third-order valence-electron chi connectivity index (χ3n) is 4.11. The van der Waals surface area contributed by atoms with Crippen LogP contribution in [0.25, 0.3) is 0 Å². The van der Waals surface area contributed by atoms with E-state index in [1.54, 1.807) is 30.3 Å². The van der Waals surface area contributed by atoms with Crippen LogP contribution in [0.4, 0.5) is 5.69 Å². The molecule has 0 aliphatic carbocycles. The molecule has 0 fully saturated rings. The minimum absolute atomic E-state index is 0.000841. The third-order valence-corrected chi connectivity index (χ3v) is 5.31. The van der Waals surface area contributed by atoms with E-state index < -0.39 is 34.4 Å². The number of benzene rings is 2. The van der Waals surface area contributed by atoms with Crippen molar-refractivity contribution in [1.29, 1.82) is 0 Å². The molecule has 1 amide bonds. The second-order valence-corrected chi connectivity index (χ2v) is 8.29. The summed E-state index contributed by atoms with van der Waals surface area (Å²) in [5.74, 6) is -2.08. The van der Waals surface area contributed by atoms with Gasteiger partial charge in [-0.3, -0.25) is 4.79 Å². The maximum Gasteiger partial charge on any atom is 0.339 e. The highest BCUT2D eigenvalue weighted by Crippen LogP contribution is 2.20. The van der Waals surface area contributed by atoms with Gasteiger partial charge in [-0.2, -0.15) is 4.31 Å². The highest BCUT2D eigenvalue weighted by Gasteiger charge is 2.23. The van der Waals surface area contributed by atoms with Crippen molar-refractivity contribution in [2.75, 3.05) is 32.3 Å². The van der Waals surface area contributed by atoms with Crippen LogP contribution in [0.2, 0.25) is 0 Å². The van der Waals surface area contributed by atoms with Gasteiger partial charge in [0.1, 0.15) is 0 Å². The summed E-state index contributed by atoms with van der Waals surface area (Å²) in [4.78, 5) is 36.4. The van der Waals surface area contributed by atoms with E-state index in [0.29, 0.717) is 5.56 Å². The fourth-order valence-corrected chi connectivity index (χ4v) is 3.34. The van der Waals surface area contributed by atoms with Crippen LogP contribution < -0.4 is 5.32 Å². The lowest BCUT2D eigenvalue weighted by Gasteiger charge is -2.20. The van der Waals surface area contributed by atoms with Gasteiger partial charge in [0.2, 0.25) is 15.9 Å². The first-order valence-electron chi connectivity index (χ1n) is 8.75. The molecule has 0 saturated carbocycles. The highest BCUT2D eigenvalue weighted by molar-refractivity contribution is 7.88. The first-order valence-corrected chi connectivity index (χ1v) is 10.6. The topological polar surface area (TPSA) is 119 Å². The summed E-state index contributed by atoms with van der Waals surface area (Å²) in [5, 5.41) is 2.48. The zero-order chi connectivity index (χ0) is 22.3. The Morgan fingerprint density at radius 2 is 1.60 bits per heavy atom. The molecule has 160 valence electrons. The van der Waals surface area contributed by atoms with E-state index >= 15 is 0 Å². The van der Waals surface area contributed by atoms with Gasteiger partial charge in [-0.25, -0.2) is 18.0 Å². The summed E-state index contributed by atoms with van der Waals surface area (Å²) in [6.07, 6.45) is 1.00. The molecular formula is C20H22N2O7S. The maximum atomic E-state index is 12.6. The Kier molecular flexibility index (Phi) is 7.67. The summed E-state index contributed by atoms with van der Waals surface area (Å²) in [7, 11) is -1.33. The molecule has 1 N–H and O–H groups in total. The van der Waals surface area contributed by atoms with Crippen molar-refractivity contribution in [3.63, 3.8) is 0 Å². The number of amides is 1. The van der Waals surface area contributed by atoms with Gasteiger partial charge in [-0.05, 0) is 23.8 Å². The SMILES string of the molecule is COC(=O)c1ccc(C(=O)OC)c(NC(=O)CN(Cc2ccccc2)S(C)(=O)=O)c1. The molecule has 0 aromatic heterocycles. The summed E-state index contributed by atoms with van der Waals surface area (Å²) in [5.41, 5.74) is 0.818. The van der Waals surface area contributed by atoms with Gasteiger partial charge in [-0.15, -0.1) is 0 Å². The number of anilines is 1. The lowest BCUT2D eigenvalue weighted by Crippen LogP contribution is -2.37. The molecule has 2 rings (SSSR count). The highest BCUT2D eigenvalue weighted by atomic mass is 32.2. The zero-order valence-electron chi connectivity index (χ0n) is 16.7. The van der Waals surface area contributed by atoms with Crippen LogP contribution in [-0.2, 0) is 30.8 Å². The maximum absolute atomic E-state index is 12.6. The van der Waals surface area contributed by atoms with E-state index in [4.69, 9.17) is 0 Å². The van der Waals surface area contributed by atoms with E-state index in [9.17, 15) is 22.8 Å². The molecule has 0 saturated heterocycles. The molecular weight excluding hydrogens is 412 g/mol. The Morgan fingerprint density at radius 1 is 0.967 bits per heavy atom. The second-order valence-electron chi connectivity index (χ2n) is 6.31. The van der Waals surface area contributed by atoms with Crippen molar-refractivity contribution in [3.05, 3.63) is 65.2 Å². The van der Waals surface area contributed by atoms with Crippen molar-refractivity contribution in [1.82, 2.24) is 4.31 Å². The molecule has 0 aliphatic rings. The van der Waals surface area contributed by atoms with Crippen LogP contribution in [0, 0.1) is 0 Å². The molecule has 0 radical (unpaired) electrons. The number of ether oxygens (including phenoxy) is 2. The Labute approximate surface area is 174 Å². The lowest BCUT2D eigenvalue weighted by atomic mass is 10.1. The number of esters is 2. The molecule has 0 heterocycles. The summed E-state index contributed by atoms with van der Waals surface area (Å²) in [6.45, 7) is -0.490. The molecule has 2 aromatic carbocycles. The van der Waals surface area contributed by atoms with Crippen LogP contribution in [0.1, 0.15) is 26.3 Å². The molecule has 0 spiro atoms. The number of sulfonamides is 1. The normalized spacial score (nSPS) is 11.1. The molecule has 0 atom stereocenters. The van der Waals surface area contributed by atoms with Crippen molar-refractivity contribution in [2.24, 2.45) is 0 Å². The van der Waals surface area contributed by atoms with Crippen LogP contribution in [0.5, 0.6) is 0 Å². The summed E-state index contributed by atoms with van der Waals surface area (Å²) in [6, 6.07) is 12.7. The Hall–Kier alpha value is -3.24. The van der Waals surface area contributed by atoms with Crippen molar-refractivity contribution in [3.8, 4) is 0 Å². The lowest BCUT2D eigenvalue weighted by molar-refractivity contribution is -0.116. The first-order chi connectivity index (χ1) is 14.2. The number of hydrogen-bond donors (Lipinski definition) is 1. The van der Waals surface area contributed by atoms with Gasteiger partial charge >= 0.3 is 11.9 Å². The molecule has 0 unspecified atom stereocenters. The summed E-state index contributed by atoms with van der Waals surface area (Å²) >= 11 is 0. The van der Waals surface area contributed by atoms with Gasteiger partial charge in [0.15, 0.2) is 0 Å². The molecule has 2 aromatic rings. The Balaban J connectivity index is 2.27. The second kappa shape index (κ2) is 9.99. The predicted molar refractivity (Wildman–Crippen MR) is 109 cm³/mol. The van der Waals surface area contributed by atoms with Gasteiger partial charge in [0.05, 0.1) is 43.8 Å². The smallest absolute Gasteiger partial charge is 0.339 e. The monoisotopic (exact) mass is 434 g/mol. The van der Waals surface area contributed by atoms with Gasteiger partial charge in [-0.1, -0.05) is 30.3 Å². The molecule has 0 aliphatic heterocycles. The van der Waals surface area contributed by atoms with Crippen molar-refractivity contribution >= 4 is 33.6 Å². The zero-order valence-corrected chi connectivity index (χ0v) is 17.6. The molecule has 30 heavy (non-hydrogen) atoms. The number of rotatable bonds is 8. The van der Waals surface area contributed by atoms with E-state index in [1.807, 2.05) is 0 Å². The molecule has 10 heteroatoms. The molecule has 9 nitrogen and oxygen atoms in total. The van der Waals surface area contributed by atoms with Crippen LogP contribution in [0.15, 0.2) is 48.5 Å². The van der Waals surface area contributed by atoms with Crippen molar-refractivity contribution in [2.45, 2.75) is 6.54 Å². The number of hydrogen-bond acceptors (Lipinski definition) is 7. The van der Waals surface area contributed by atoms with E-state index in [0.717, 1.165) is 10.6 Å². The minimum Gasteiger partial charge on any atom is -0.465 e. The first kappa shape index (κ1) is 23.0. The molecule has 0 bridgehead atoms. The average Bonchev–Trinajstić information content (AvgIpc) is 2.72. The predicted octanol–water partition coefficient (Wildman–Crippen LogP) is 1.66. The number of methoxy groups -OCH3 is 2. The average molecular weight is 434 g/mol. The fraction of sp³-hybridized carbons (Fsp3) is 0.250. The van der Waals surface area contributed by atoms with Gasteiger partial charge in [0.25, 0.3) is 0 Å².